The normalized spacial score (nSPS) is 10.9. The standard InChI is InChI=1S/C13H11ClN4O2S/c1-8-5-10(16)9(14)6-11(8)18-21(19,20)13-3-2-4-17-12(13)7-15/h2-6,18H,16H2,1H3. The van der Waals surface area contributed by atoms with Crippen LogP contribution in [0.3, 0.4) is 0 Å². The van der Waals surface area contributed by atoms with Gasteiger partial charge in [-0.05, 0) is 36.8 Å². The summed E-state index contributed by atoms with van der Waals surface area (Å²) in [6.45, 7) is 1.69. The highest BCUT2D eigenvalue weighted by Gasteiger charge is 2.20. The third kappa shape index (κ3) is 3.07. The number of hydrogen-bond acceptors (Lipinski definition) is 5. The zero-order valence-electron chi connectivity index (χ0n) is 11.0. The number of hydrogen-bond donors (Lipinski definition) is 2. The first-order valence-corrected chi connectivity index (χ1v) is 7.65. The van der Waals surface area contributed by atoms with Crippen molar-refractivity contribution >= 4 is 33.0 Å². The molecule has 0 saturated heterocycles. The lowest BCUT2D eigenvalue weighted by Gasteiger charge is -2.12. The van der Waals surface area contributed by atoms with Gasteiger partial charge in [0.2, 0.25) is 0 Å². The summed E-state index contributed by atoms with van der Waals surface area (Å²) in [4.78, 5) is 3.54. The van der Waals surface area contributed by atoms with E-state index in [1.54, 1.807) is 19.1 Å². The molecule has 1 aromatic carbocycles. The quantitative estimate of drug-likeness (QED) is 0.843. The predicted molar refractivity (Wildman–Crippen MR) is 80.4 cm³/mol. The van der Waals surface area contributed by atoms with E-state index in [2.05, 4.69) is 9.71 Å². The van der Waals surface area contributed by atoms with Gasteiger partial charge in [-0.1, -0.05) is 11.6 Å². The number of aromatic nitrogens is 1. The molecule has 0 amide bonds. The molecule has 0 aliphatic rings. The second-order valence-electron chi connectivity index (χ2n) is 4.26. The molecule has 21 heavy (non-hydrogen) atoms. The van der Waals surface area contributed by atoms with Crippen molar-refractivity contribution in [3.8, 4) is 6.07 Å². The summed E-state index contributed by atoms with van der Waals surface area (Å²) >= 11 is 5.89. The Hall–Kier alpha value is -2.30. The minimum Gasteiger partial charge on any atom is -0.398 e. The molecule has 0 aliphatic carbocycles. The van der Waals surface area contributed by atoms with E-state index >= 15 is 0 Å². The Labute approximate surface area is 127 Å². The van der Waals surface area contributed by atoms with Crippen LogP contribution in [0.4, 0.5) is 11.4 Å². The molecule has 0 spiro atoms. The number of halogens is 1. The van der Waals surface area contributed by atoms with Crippen molar-refractivity contribution in [3.05, 3.63) is 46.7 Å². The average Bonchev–Trinajstić information content (AvgIpc) is 2.44. The first kappa shape index (κ1) is 15.1. The second kappa shape index (κ2) is 5.60. The van der Waals surface area contributed by atoms with E-state index in [1.807, 2.05) is 0 Å². The molecule has 0 unspecified atom stereocenters. The third-order valence-corrected chi connectivity index (χ3v) is 4.48. The topological polar surface area (TPSA) is 109 Å². The molecule has 0 atom stereocenters. The first-order valence-electron chi connectivity index (χ1n) is 5.78. The summed E-state index contributed by atoms with van der Waals surface area (Å²) in [5.74, 6) is 0. The monoisotopic (exact) mass is 322 g/mol. The van der Waals surface area contributed by atoms with Gasteiger partial charge in [0.25, 0.3) is 10.0 Å². The first-order chi connectivity index (χ1) is 9.85. The molecule has 0 radical (unpaired) electrons. The van der Waals surface area contributed by atoms with Crippen molar-refractivity contribution in [2.45, 2.75) is 11.8 Å². The second-order valence-corrected chi connectivity index (χ2v) is 6.31. The molecule has 8 heteroatoms. The van der Waals surface area contributed by atoms with E-state index in [-0.39, 0.29) is 15.6 Å². The lowest BCUT2D eigenvalue weighted by Crippen LogP contribution is -2.16. The Kier molecular flexibility index (Phi) is 4.02. The van der Waals surface area contributed by atoms with Crippen LogP contribution in [-0.4, -0.2) is 13.4 Å². The van der Waals surface area contributed by atoms with Gasteiger partial charge in [0.05, 0.1) is 16.4 Å². The Morgan fingerprint density at radius 3 is 2.81 bits per heavy atom. The fourth-order valence-electron chi connectivity index (χ4n) is 1.70. The van der Waals surface area contributed by atoms with Crippen molar-refractivity contribution in [1.82, 2.24) is 4.98 Å². The lowest BCUT2D eigenvalue weighted by molar-refractivity contribution is 0.600. The third-order valence-electron chi connectivity index (χ3n) is 2.75. The molecular weight excluding hydrogens is 312 g/mol. The van der Waals surface area contributed by atoms with Gasteiger partial charge >= 0.3 is 0 Å². The number of aryl methyl sites for hydroxylation is 1. The molecule has 1 aromatic heterocycles. The molecule has 0 fully saturated rings. The summed E-state index contributed by atoms with van der Waals surface area (Å²) in [6, 6.07) is 7.48. The average molecular weight is 323 g/mol. The highest BCUT2D eigenvalue weighted by Crippen LogP contribution is 2.28. The summed E-state index contributed by atoms with van der Waals surface area (Å²) < 4.78 is 27.1. The van der Waals surface area contributed by atoms with Gasteiger partial charge in [-0.25, -0.2) is 13.4 Å². The van der Waals surface area contributed by atoms with Crippen LogP contribution in [0.2, 0.25) is 5.02 Å². The van der Waals surface area contributed by atoms with Crippen molar-refractivity contribution in [2.24, 2.45) is 0 Å². The number of nitrogens with zero attached hydrogens (tertiary/aromatic N) is 2. The van der Waals surface area contributed by atoms with Gasteiger partial charge in [-0.15, -0.1) is 0 Å². The Morgan fingerprint density at radius 1 is 1.43 bits per heavy atom. The largest absolute Gasteiger partial charge is 0.398 e. The molecule has 108 valence electrons. The maximum absolute atomic E-state index is 12.4. The van der Waals surface area contributed by atoms with Crippen LogP contribution in [-0.2, 0) is 10.0 Å². The SMILES string of the molecule is Cc1cc(N)c(Cl)cc1NS(=O)(=O)c1cccnc1C#N. The molecule has 3 N–H and O–H groups in total. The van der Waals surface area contributed by atoms with Crippen molar-refractivity contribution in [3.63, 3.8) is 0 Å². The number of nitrogens with one attached hydrogen (secondary N) is 1. The van der Waals surface area contributed by atoms with Crippen LogP contribution < -0.4 is 10.5 Å². The fourth-order valence-corrected chi connectivity index (χ4v) is 3.10. The number of sulfonamides is 1. The molecule has 0 aliphatic heterocycles. The maximum atomic E-state index is 12.4. The van der Waals surface area contributed by atoms with E-state index in [0.717, 1.165) is 0 Å². The molecule has 0 bridgehead atoms. The lowest BCUT2D eigenvalue weighted by atomic mass is 10.2. The number of nitrogen functional groups attached to an aromatic ring is 1. The summed E-state index contributed by atoms with van der Waals surface area (Å²) in [5, 5.41) is 9.18. The van der Waals surface area contributed by atoms with Gasteiger partial charge < -0.3 is 5.73 Å². The van der Waals surface area contributed by atoms with Gasteiger partial charge in [-0.3, -0.25) is 4.72 Å². The fraction of sp³-hybridized carbons (Fsp3) is 0.0769. The maximum Gasteiger partial charge on any atom is 0.264 e. The number of pyridine rings is 1. The zero-order valence-corrected chi connectivity index (χ0v) is 12.5. The van der Waals surface area contributed by atoms with Crippen LogP contribution >= 0.6 is 11.6 Å². The van der Waals surface area contributed by atoms with Gasteiger partial charge in [0.15, 0.2) is 5.69 Å². The van der Waals surface area contributed by atoms with E-state index in [1.165, 1.54) is 24.4 Å². The van der Waals surface area contributed by atoms with Crippen LogP contribution in [0, 0.1) is 18.3 Å². The summed E-state index contributed by atoms with van der Waals surface area (Å²) in [5.41, 5.74) is 6.74. The van der Waals surface area contributed by atoms with E-state index in [4.69, 9.17) is 22.6 Å². The molecule has 1 heterocycles. The number of nitrogens with two attached hydrogens (primary N) is 1. The summed E-state index contributed by atoms with van der Waals surface area (Å²) in [6.07, 6.45) is 1.35. The Balaban J connectivity index is 2.48. The van der Waals surface area contributed by atoms with Gasteiger partial charge in [0, 0.05) is 6.20 Å². The van der Waals surface area contributed by atoms with Crippen molar-refractivity contribution in [2.75, 3.05) is 10.5 Å². The van der Waals surface area contributed by atoms with Gasteiger partial charge in [-0.2, -0.15) is 5.26 Å². The smallest absolute Gasteiger partial charge is 0.264 e. The van der Waals surface area contributed by atoms with Crippen LogP contribution in [0.5, 0.6) is 0 Å². The minimum absolute atomic E-state index is 0.177. The van der Waals surface area contributed by atoms with E-state index < -0.39 is 10.0 Å². The van der Waals surface area contributed by atoms with E-state index in [0.29, 0.717) is 16.9 Å². The number of benzene rings is 1. The molecule has 6 nitrogen and oxygen atoms in total. The van der Waals surface area contributed by atoms with Crippen molar-refractivity contribution in [1.29, 1.82) is 5.26 Å². The van der Waals surface area contributed by atoms with Crippen LogP contribution in [0.25, 0.3) is 0 Å². The molecule has 0 saturated carbocycles. The number of anilines is 2. The van der Waals surface area contributed by atoms with Crippen molar-refractivity contribution < 1.29 is 8.42 Å². The summed E-state index contributed by atoms with van der Waals surface area (Å²) in [7, 11) is -3.94. The minimum atomic E-state index is -3.94. The zero-order chi connectivity index (χ0) is 15.6. The molecule has 2 aromatic rings. The highest BCUT2D eigenvalue weighted by molar-refractivity contribution is 7.92. The number of rotatable bonds is 3. The Bertz CT molecular complexity index is 844. The Morgan fingerprint density at radius 2 is 2.14 bits per heavy atom. The van der Waals surface area contributed by atoms with E-state index in [9.17, 15) is 8.42 Å². The molecular formula is C13H11ClN4O2S. The molecule has 2 rings (SSSR count). The number of nitriles is 1. The van der Waals surface area contributed by atoms with Gasteiger partial charge in [0.1, 0.15) is 11.0 Å². The van der Waals surface area contributed by atoms with Crippen LogP contribution in [0.15, 0.2) is 35.4 Å². The van der Waals surface area contributed by atoms with Crippen LogP contribution in [0.1, 0.15) is 11.3 Å². The highest BCUT2D eigenvalue weighted by atomic mass is 35.5. The predicted octanol–water partition coefficient (Wildman–Crippen LogP) is 2.30.